The summed E-state index contributed by atoms with van der Waals surface area (Å²) in [5.41, 5.74) is 8.28. The van der Waals surface area contributed by atoms with Gasteiger partial charge in [0.05, 0.1) is 12.2 Å². The molecule has 0 bridgehead atoms. The van der Waals surface area contributed by atoms with E-state index < -0.39 is 0 Å². The zero-order valence-electron chi connectivity index (χ0n) is 9.54. The average Bonchev–Trinajstić information content (AvgIpc) is 2.74. The monoisotopic (exact) mass is 230 g/mol. The zero-order chi connectivity index (χ0) is 12.3. The Kier molecular flexibility index (Phi) is 3.09. The summed E-state index contributed by atoms with van der Waals surface area (Å²) in [6.07, 6.45) is 1.92. The average molecular weight is 230 g/mol. The van der Waals surface area contributed by atoms with Gasteiger partial charge in [-0.1, -0.05) is 23.4 Å². The summed E-state index contributed by atoms with van der Waals surface area (Å²) >= 11 is 0. The maximum absolute atomic E-state index is 8.62. The summed E-state index contributed by atoms with van der Waals surface area (Å²) in [5, 5.41) is 15.9. The number of oxime groups is 1. The molecule has 0 aliphatic rings. The van der Waals surface area contributed by atoms with Crippen molar-refractivity contribution in [3.8, 4) is 0 Å². The minimum absolute atomic E-state index is 0.114. The molecule has 0 aliphatic carbocycles. The van der Waals surface area contributed by atoms with Crippen LogP contribution in [0.5, 0.6) is 0 Å². The number of rotatable bonds is 3. The number of amidine groups is 1. The smallest absolute Gasteiger partial charge is 0.170 e. The zero-order valence-corrected chi connectivity index (χ0v) is 9.54. The molecule has 0 unspecified atom stereocenters. The summed E-state index contributed by atoms with van der Waals surface area (Å²) in [5.74, 6) is 0.114. The molecule has 0 amide bonds. The van der Waals surface area contributed by atoms with Gasteiger partial charge in [-0.2, -0.15) is 5.10 Å². The van der Waals surface area contributed by atoms with Crippen molar-refractivity contribution in [3.05, 3.63) is 53.3 Å². The first kappa shape index (κ1) is 11.2. The predicted molar refractivity (Wildman–Crippen MR) is 65.0 cm³/mol. The Hall–Kier alpha value is -2.30. The van der Waals surface area contributed by atoms with E-state index in [4.69, 9.17) is 10.9 Å². The van der Waals surface area contributed by atoms with E-state index in [2.05, 4.69) is 10.3 Å². The third-order valence-corrected chi connectivity index (χ3v) is 2.45. The molecule has 0 atom stereocenters. The van der Waals surface area contributed by atoms with E-state index in [0.717, 1.165) is 11.3 Å². The number of aryl methyl sites for hydroxylation is 1. The van der Waals surface area contributed by atoms with Crippen LogP contribution in [0.4, 0.5) is 0 Å². The molecule has 0 spiro atoms. The summed E-state index contributed by atoms with van der Waals surface area (Å²) in [7, 11) is 0. The van der Waals surface area contributed by atoms with Crippen LogP contribution in [0, 0.1) is 6.92 Å². The summed E-state index contributed by atoms with van der Waals surface area (Å²) in [4.78, 5) is 0. The number of aromatic nitrogens is 2. The van der Waals surface area contributed by atoms with Crippen molar-refractivity contribution in [1.29, 1.82) is 0 Å². The van der Waals surface area contributed by atoms with Gasteiger partial charge in [-0.05, 0) is 24.6 Å². The van der Waals surface area contributed by atoms with Gasteiger partial charge in [0.1, 0.15) is 0 Å². The van der Waals surface area contributed by atoms with Crippen LogP contribution >= 0.6 is 0 Å². The van der Waals surface area contributed by atoms with Crippen LogP contribution in [0.15, 0.2) is 41.7 Å². The first-order chi connectivity index (χ1) is 8.19. The Bertz CT molecular complexity index is 545. The van der Waals surface area contributed by atoms with E-state index in [0.29, 0.717) is 12.1 Å². The lowest BCUT2D eigenvalue weighted by molar-refractivity contribution is 0.318. The predicted octanol–water partition coefficient (Wildman–Crippen LogP) is 1.33. The fourth-order valence-corrected chi connectivity index (χ4v) is 1.63. The summed E-state index contributed by atoms with van der Waals surface area (Å²) in [6.45, 7) is 2.61. The largest absolute Gasteiger partial charge is 0.409 e. The lowest BCUT2D eigenvalue weighted by Crippen LogP contribution is -2.13. The maximum Gasteiger partial charge on any atom is 0.170 e. The molecule has 2 rings (SSSR count). The Morgan fingerprint density at radius 1 is 1.47 bits per heavy atom. The Labute approximate surface area is 99.2 Å². The molecular weight excluding hydrogens is 216 g/mol. The van der Waals surface area contributed by atoms with Gasteiger partial charge in [-0.25, -0.2) is 0 Å². The quantitative estimate of drug-likeness (QED) is 0.361. The molecule has 2 aromatic rings. The van der Waals surface area contributed by atoms with Gasteiger partial charge < -0.3 is 10.9 Å². The van der Waals surface area contributed by atoms with Crippen LogP contribution in [0.25, 0.3) is 0 Å². The van der Waals surface area contributed by atoms with Crippen LogP contribution in [0.2, 0.25) is 0 Å². The van der Waals surface area contributed by atoms with Crippen LogP contribution in [0.1, 0.15) is 16.8 Å². The lowest BCUT2D eigenvalue weighted by atomic mass is 10.1. The molecular formula is C12H14N4O. The Morgan fingerprint density at radius 2 is 2.29 bits per heavy atom. The van der Waals surface area contributed by atoms with Gasteiger partial charge in [0.2, 0.25) is 0 Å². The van der Waals surface area contributed by atoms with E-state index in [1.54, 1.807) is 6.07 Å². The SMILES string of the molecule is Cc1ccn(Cc2cccc(C(N)=NO)c2)n1. The first-order valence-electron chi connectivity index (χ1n) is 5.26. The lowest BCUT2D eigenvalue weighted by Gasteiger charge is -2.04. The third kappa shape index (κ3) is 2.63. The fourth-order valence-electron chi connectivity index (χ4n) is 1.63. The molecule has 0 radical (unpaired) electrons. The molecule has 0 saturated carbocycles. The van der Waals surface area contributed by atoms with Gasteiger partial charge in [-0.15, -0.1) is 0 Å². The van der Waals surface area contributed by atoms with Gasteiger partial charge in [0.15, 0.2) is 5.84 Å². The van der Waals surface area contributed by atoms with Crippen LogP contribution in [-0.2, 0) is 6.54 Å². The van der Waals surface area contributed by atoms with Crippen molar-refractivity contribution >= 4 is 5.84 Å². The molecule has 0 fully saturated rings. The molecule has 5 heteroatoms. The van der Waals surface area contributed by atoms with E-state index in [9.17, 15) is 0 Å². The molecule has 88 valence electrons. The van der Waals surface area contributed by atoms with Gasteiger partial charge in [0, 0.05) is 11.8 Å². The standard InChI is InChI=1S/C12H14N4O/c1-9-5-6-16(14-9)8-10-3-2-4-11(7-10)12(13)15-17/h2-7,17H,8H2,1H3,(H2,13,15). The molecule has 3 N–H and O–H groups in total. The highest BCUT2D eigenvalue weighted by Gasteiger charge is 2.02. The normalized spacial score (nSPS) is 11.7. The van der Waals surface area contributed by atoms with E-state index in [1.807, 2.05) is 42.1 Å². The highest BCUT2D eigenvalue weighted by Crippen LogP contribution is 2.07. The fraction of sp³-hybridized carbons (Fsp3) is 0.167. The Morgan fingerprint density at radius 3 is 2.94 bits per heavy atom. The molecule has 0 aliphatic heterocycles. The highest BCUT2D eigenvalue weighted by molar-refractivity contribution is 5.97. The topological polar surface area (TPSA) is 76.4 Å². The number of benzene rings is 1. The van der Waals surface area contributed by atoms with Gasteiger partial charge in [0.25, 0.3) is 0 Å². The van der Waals surface area contributed by atoms with Crippen molar-refractivity contribution in [2.24, 2.45) is 10.9 Å². The van der Waals surface area contributed by atoms with E-state index >= 15 is 0 Å². The second kappa shape index (κ2) is 4.69. The number of nitrogens with zero attached hydrogens (tertiary/aromatic N) is 3. The van der Waals surface area contributed by atoms with Crippen molar-refractivity contribution in [2.75, 3.05) is 0 Å². The van der Waals surface area contributed by atoms with Crippen molar-refractivity contribution in [3.63, 3.8) is 0 Å². The number of nitrogens with two attached hydrogens (primary N) is 1. The van der Waals surface area contributed by atoms with Crippen molar-refractivity contribution in [1.82, 2.24) is 9.78 Å². The molecule has 17 heavy (non-hydrogen) atoms. The first-order valence-corrected chi connectivity index (χ1v) is 5.26. The third-order valence-electron chi connectivity index (χ3n) is 2.45. The van der Waals surface area contributed by atoms with E-state index in [1.165, 1.54) is 0 Å². The molecule has 0 saturated heterocycles. The van der Waals surface area contributed by atoms with Crippen LogP contribution < -0.4 is 5.73 Å². The second-order valence-corrected chi connectivity index (χ2v) is 3.84. The van der Waals surface area contributed by atoms with Crippen LogP contribution in [0.3, 0.4) is 0 Å². The molecule has 5 nitrogen and oxygen atoms in total. The minimum Gasteiger partial charge on any atom is -0.409 e. The van der Waals surface area contributed by atoms with Crippen molar-refractivity contribution in [2.45, 2.75) is 13.5 Å². The van der Waals surface area contributed by atoms with Crippen LogP contribution in [-0.4, -0.2) is 20.8 Å². The highest BCUT2D eigenvalue weighted by atomic mass is 16.4. The summed E-state index contributed by atoms with van der Waals surface area (Å²) in [6, 6.07) is 9.48. The minimum atomic E-state index is 0.114. The van der Waals surface area contributed by atoms with Crippen molar-refractivity contribution < 1.29 is 5.21 Å². The number of hydrogen-bond donors (Lipinski definition) is 2. The van der Waals surface area contributed by atoms with Gasteiger partial charge in [-0.3, -0.25) is 4.68 Å². The maximum atomic E-state index is 8.62. The van der Waals surface area contributed by atoms with E-state index in [-0.39, 0.29) is 5.84 Å². The molecule has 1 heterocycles. The van der Waals surface area contributed by atoms with Gasteiger partial charge >= 0.3 is 0 Å². The molecule has 1 aromatic carbocycles. The number of hydrogen-bond acceptors (Lipinski definition) is 3. The summed E-state index contributed by atoms with van der Waals surface area (Å²) < 4.78 is 1.85. The Balaban J connectivity index is 2.22. The second-order valence-electron chi connectivity index (χ2n) is 3.84. The molecule has 1 aromatic heterocycles.